The first kappa shape index (κ1) is 14.7. The summed E-state index contributed by atoms with van der Waals surface area (Å²) in [6, 6.07) is 14.2. The van der Waals surface area contributed by atoms with Gasteiger partial charge in [-0.2, -0.15) is 4.31 Å². The summed E-state index contributed by atoms with van der Waals surface area (Å²) in [5.74, 6) is -0.297. The Bertz CT molecular complexity index is 791. The number of pyridine rings is 1. The summed E-state index contributed by atoms with van der Waals surface area (Å²) in [6.45, 7) is 0.404. The van der Waals surface area contributed by atoms with Crippen molar-refractivity contribution in [3.05, 3.63) is 48.5 Å². The van der Waals surface area contributed by atoms with E-state index < -0.39 is 10.0 Å². The average molecular weight is 317 g/mol. The second-order valence-corrected chi connectivity index (χ2v) is 6.80. The van der Waals surface area contributed by atoms with Crippen molar-refractivity contribution < 1.29 is 13.2 Å². The minimum atomic E-state index is -3.76. The Hall–Kier alpha value is -2.25. The van der Waals surface area contributed by atoms with Crippen LogP contribution in [0.1, 0.15) is 0 Å². The van der Waals surface area contributed by atoms with Crippen LogP contribution in [0.15, 0.2) is 53.6 Å². The maximum absolute atomic E-state index is 12.6. The van der Waals surface area contributed by atoms with Gasteiger partial charge in [0, 0.05) is 18.7 Å². The van der Waals surface area contributed by atoms with E-state index in [1.807, 2.05) is 30.3 Å². The van der Waals surface area contributed by atoms with Crippen LogP contribution in [0.2, 0.25) is 0 Å². The van der Waals surface area contributed by atoms with Crippen LogP contribution < -0.4 is 5.32 Å². The van der Waals surface area contributed by atoms with Gasteiger partial charge in [0.1, 0.15) is 0 Å². The van der Waals surface area contributed by atoms with Gasteiger partial charge in [0.2, 0.25) is 5.91 Å². The monoisotopic (exact) mass is 317 g/mol. The molecule has 0 unspecified atom stereocenters. The number of rotatable bonds is 3. The molecule has 1 N–H and O–H groups in total. The molecular weight excluding hydrogens is 302 g/mol. The quantitative estimate of drug-likeness (QED) is 0.911. The lowest BCUT2D eigenvalue weighted by Crippen LogP contribution is -2.49. The second-order valence-electron chi connectivity index (χ2n) is 4.92. The van der Waals surface area contributed by atoms with E-state index in [9.17, 15) is 13.2 Å². The number of nitrogens with one attached hydrogen (secondary N) is 1. The Balaban J connectivity index is 1.96. The van der Waals surface area contributed by atoms with Gasteiger partial charge in [0.15, 0.2) is 5.03 Å². The molecule has 7 heteroatoms. The zero-order chi connectivity index (χ0) is 15.6. The third kappa shape index (κ3) is 2.86. The molecule has 0 spiro atoms. The Labute approximate surface area is 128 Å². The lowest BCUT2D eigenvalue weighted by atomic mass is 10.1. The smallest absolute Gasteiger partial charge is 0.261 e. The Morgan fingerprint density at radius 1 is 1.05 bits per heavy atom. The van der Waals surface area contributed by atoms with Crippen LogP contribution in [-0.4, -0.2) is 43.2 Å². The topological polar surface area (TPSA) is 79.4 Å². The van der Waals surface area contributed by atoms with Crippen molar-refractivity contribution in [1.82, 2.24) is 14.6 Å². The van der Waals surface area contributed by atoms with Gasteiger partial charge in [-0.25, -0.2) is 13.4 Å². The van der Waals surface area contributed by atoms with E-state index in [0.29, 0.717) is 12.2 Å². The van der Waals surface area contributed by atoms with Crippen molar-refractivity contribution in [1.29, 1.82) is 0 Å². The highest BCUT2D eigenvalue weighted by molar-refractivity contribution is 7.89. The lowest BCUT2D eigenvalue weighted by Gasteiger charge is -2.25. The van der Waals surface area contributed by atoms with Gasteiger partial charge in [-0.3, -0.25) is 4.79 Å². The normalized spacial score (nSPS) is 16.3. The van der Waals surface area contributed by atoms with Crippen LogP contribution in [0.25, 0.3) is 11.3 Å². The number of carbonyl (C=O) groups is 1. The van der Waals surface area contributed by atoms with Gasteiger partial charge < -0.3 is 5.32 Å². The zero-order valence-corrected chi connectivity index (χ0v) is 12.6. The molecule has 1 aromatic carbocycles. The minimum Gasteiger partial charge on any atom is -0.354 e. The van der Waals surface area contributed by atoms with Crippen molar-refractivity contribution in [3.8, 4) is 11.3 Å². The highest BCUT2D eigenvalue weighted by Gasteiger charge is 2.30. The van der Waals surface area contributed by atoms with Gasteiger partial charge in [-0.1, -0.05) is 36.4 Å². The van der Waals surface area contributed by atoms with Crippen LogP contribution in [0.5, 0.6) is 0 Å². The molecule has 1 fully saturated rings. The molecule has 0 bridgehead atoms. The lowest BCUT2D eigenvalue weighted by molar-refractivity contribution is -0.122. The first-order valence-corrected chi connectivity index (χ1v) is 8.31. The predicted octanol–water partition coefficient (Wildman–Crippen LogP) is 0.869. The number of nitrogens with zero attached hydrogens (tertiary/aromatic N) is 2. The molecule has 2 aromatic rings. The van der Waals surface area contributed by atoms with E-state index in [2.05, 4.69) is 10.3 Å². The third-order valence-corrected chi connectivity index (χ3v) is 5.15. The molecule has 114 valence electrons. The minimum absolute atomic E-state index is 0.0384. The highest BCUT2D eigenvalue weighted by atomic mass is 32.2. The number of carbonyl (C=O) groups excluding carboxylic acids is 1. The van der Waals surface area contributed by atoms with Crippen molar-refractivity contribution >= 4 is 15.9 Å². The molecule has 3 rings (SSSR count). The van der Waals surface area contributed by atoms with Gasteiger partial charge in [0.05, 0.1) is 12.2 Å². The van der Waals surface area contributed by atoms with Crippen LogP contribution >= 0.6 is 0 Å². The van der Waals surface area contributed by atoms with E-state index in [0.717, 1.165) is 9.87 Å². The Kier molecular flexibility index (Phi) is 3.91. The maximum Gasteiger partial charge on any atom is 0.261 e. The molecule has 0 atom stereocenters. The van der Waals surface area contributed by atoms with E-state index in [4.69, 9.17) is 0 Å². The van der Waals surface area contributed by atoms with Crippen LogP contribution in [-0.2, 0) is 14.8 Å². The largest absolute Gasteiger partial charge is 0.354 e. The summed E-state index contributed by atoms with van der Waals surface area (Å²) < 4.78 is 26.4. The molecule has 0 radical (unpaired) electrons. The van der Waals surface area contributed by atoms with E-state index in [-0.39, 0.29) is 24.0 Å². The first-order chi connectivity index (χ1) is 10.6. The fraction of sp³-hybridized carbons (Fsp3) is 0.200. The molecule has 1 aliphatic rings. The molecule has 6 nitrogen and oxygen atoms in total. The van der Waals surface area contributed by atoms with Gasteiger partial charge >= 0.3 is 0 Å². The molecule has 1 aromatic heterocycles. The fourth-order valence-electron chi connectivity index (χ4n) is 2.28. The molecule has 0 saturated carbocycles. The molecule has 1 aliphatic heterocycles. The summed E-state index contributed by atoms with van der Waals surface area (Å²) >= 11 is 0. The second kappa shape index (κ2) is 5.86. The summed E-state index contributed by atoms with van der Waals surface area (Å²) in [5, 5.41) is 2.57. The van der Waals surface area contributed by atoms with Crippen molar-refractivity contribution in [2.45, 2.75) is 5.03 Å². The Morgan fingerprint density at radius 3 is 2.55 bits per heavy atom. The predicted molar refractivity (Wildman–Crippen MR) is 81.4 cm³/mol. The van der Waals surface area contributed by atoms with E-state index >= 15 is 0 Å². The van der Waals surface area contributed by atoms with Gasteiger partial charge in [0.25, 0.3) is 10.0 Å². The van der Waals surface area contributed by atoms with Crippen molar-refractivity contribution in [2.75, 3.05) is 19.6 Å². The molecular formula is C15H15N3O3S. The van der Waals surface area contributed by atoms with Crippen molar-refractivity contribution in [2.24, 2.45) is 0 Å². The van der Waals surface area contributed by atoms with Gasteiger partial charge in [-0.15, -0.1) is 0 Å². The molecule has 0 aliphatic carbocycles. The number of hydrogen-bond acceptors (Lipinski definition) is 4. The zero-order valence-electron chi connectivity index (χ0n) is 11.8. The average Bonchev–Trinajstić information content (AvgIpc) is 2.56. The molecule has 22 heavy (non-hydrogen) atoms. The number of benzene rings is 1. The number of aromatic nitrogens is 1. The number of piperazine rings is 1. The number of amides is 1. The SMILES string of the molecule is O=C1CN(S(=O)(=O)c2cccc(-c3ccccc3)n2)CCN1. The third-order valence-electron chi connectivity index (χ3n) is 3.40. The van der Waals surface area contributed by atoms with Gasteiger partial charge in [-0.05, 0) is 12.1 Å². The summed E-state index contributed by atoms with van der Waals surface area (Å²) in [6.07, 6.45) is 0. The molecule has 1 saturated heterocycles. The standard InChI is InChI=1S/C15H15N3O3S/c19-14-11-18(10-9-16-14)22(20,21)15-8-4-7-13(17-15)12-5-2-1-3-6-12/h1-8H,9-11H2,(H,16,19). The van der Waals surface area contributed by atoms with E-state index in [1.165, 1.54) is 6.07 Å². The summed E-state index contributed by atoms with van der Waals surface area (Å²) in [5.41, 5.74) is 1.43. The number of hydrogen-bond donors (Lipinski definition) is 1. The van der Waals surface area contributed by atoms with E-state index in [1.54, 1.807) is 12.1 Å². The van der Waals surface area contributed by atoms with Crippen LogP contribution in [0.4, 0.5) is 0 Å². The Morgan fingerprint density at radius 2 is 1.82 bits per heavy atom. The molecule has 2 heterocycles. The maximum atomic E-state index is 12.6. The van der Waals surface area contributed by atoms with Crippen LogP contribution in [0.3, 0.4) is 0 Å². The highest BCUT2D eigenvalue weighted by Crippen LogP contribution is 2.20. The summed E-state index contributed by atoms with van der Waals surface area (Å²) in [4.78, 5) is 15.7. The first-order valence-electron chi connectivity index (χ1n) is 6.87. The van der Waals surface area contributed by atoms with Crippen LogP contribution in [0, 0.1) is 0 Å². The summed E-state index contributed by atoms with van der Waals surface area (Å²) in [7, 11) is -3.76. The van der Waals surface area contributed by atoms with Crippen molar-refractivity contribution in [3.63, 3.8) is 0 Å². The number of sulfonamides is 1. The fourth-order valence-corrected chi connectivity index (χ4v) is 3.63. The molecule has 1 amide bonds.